The third-order valence-corrected chi connectivity index (χ3v) is 10.4. The molecule has 2 heterocycles. The van der Waals surface area contributed by atoms with E-state index in [1.165, 1.54) is 12.1 Å². The Hall–Kier alpha value is -7.29. The van der Waals surface area contributed by atoms with E-state index in [1.54, 1.807) is 0 Å². The van der Waals surface area contributed by atoms with Gasteiger partial charge in [-0.3, -0.25) is 0 Å². The van der Waals surface area contributed by atoms with Crippen LogP contribution in [0.2, 0.25) is 0 Å². The first-order valence-electron chi connectivity index (χ1n) is 17.8. The molecule has 54 heavy (non-hydrogen) atoms. The van der Waals surface area contributed by atoms with E-state index in [-0.39, 0.29) is 0 Å². The molecule has 0 radical (unpaired) electrons. The molecule has 3 nitrogen and oxygen atoms in total. The first kappa shape index (κ1) is 31.4. The monoisotopic (exact) mass is 697 g/mol. The SMILES string of the molecule is N#Cc1cc(-n2c3ccccc3c3cc(-c4ccccc4)ccc32)c(-c2cc(F)cc(F)c2)c(-n2c3ccccc3c3cc(-c4ccccc4)ccc32)c1. The van der Waals surface area contributed by atoms with Gasteiger partial charge in [0.05, 0.1) is 45.1 Å². The van der Waals surface area contributed by atoms with E-state index >= 15 is 8.78 Å². The fourth-order valence-electron chi connectivity index (χ4n) is 8.11. The van der Waals surface area contributed by atoms with Gasteiger partial charge in [-0.1, -0.05) is 109 Å². The Balaban J connectivity index is 1.34. The number of fused-ring (bicyclic) bond motifs is 6. The second-order valence-corrected chi connectivity index (χ2v) is 13.6. The molecule has 10 rings (SSSR count). The van der Waals surface area contributed by atoms with E-state index < -0.39 is 11.6 Å². The molecule has 0 atom stereocenters. The Morgan fingerprint density at radius 1 is 0.370 bits per heavy atom. The van der Waals surface area contributed by atoms with Crippen molar-refractivity contribution >= 4 is 43.6 Å². The Labute approximate surface area is 309 Å². The largest absolute Gasteiger partial charge is 0.308 e. The summed E-state index contributed by atoms with van der Waals surface area (Å²) in [6, 6.07) is 59.3. The van der Waals surface area contributed by atoms with Crippen molar-refractivity contribution in [1.29, 1.82) is 5.26 Å². The maximum atomic E-state index is 15.3. The summed E-state index contributed by atoms with van der Waals surface area (Å²) in [5, 5.41) is 14.7. The van der Waals surface area contributed by atoms with Crippen molar-refractivity contribution in [2.45, 2.75) is 0 Å². The van der Waals surface area contributed by atoms with Gasteiger partial charge in [0.2, 0.25) is 0 Å². The number of para-hydroxylation sites is 2. The molecule has 5 heteroatoms. The average molecular weight is 698 g/mol. The summed E-state index contributed by atoms with van der Waals surface area (Å²) in [4.78, 5) is 0. The molecule has 0 fully saturated rings. The molecule has 0 saturated heterocycles. The van der Waals surface area contributed by atoms with Crippen molar-refractivity contribution in [2.24, 2.45) is 0 Å². The van der Waals surface area contributed by atoms with Crippen molar-refractivity contribution in [3.05, 3.63) is 193 Å². The Morgan fingerprint density at radius 2 is 0.796 bits per heavy atom. The summed E-state index contributed by atoms with van der Waals surface area (Å²) in [6.45, 7) is 0. The molecule has 0 aliphatic carbocycles. The van der Waals surface area contributed by atoms with E-state index in [0.717, 1.165) is 71.9 Å². The third-order valence-electron chi connectivity index (χ3n) is 10.4. The normalized spacial score (nSPS) is 11.5. The first-order chi connectivity index (χ1) is 26.6. The van der Waals surface area contributed by atoms with Gasteiger partial charge in [-0.05, 0) is 88.5 Å². The molecule has 254 valence electrons. The van der Waals surface area contributed by atoms with Crippen LogP contribution in [-0.2, 0) is 0 Å². The van der Waals surface area contributed by atoms with Crippen LogP contribution in [-0.4, -0.2) is 9.13 Å². The fraction of sp³-hybridized carbons (Fsp3) is 0. The van der Waals surface area contributed by atoms with Crippen molar-refractivity contribution in [3.63, 3.8) is 0 Å². The lowest BCUT2D eigenvalue weighted by Gasteiger charge is -2.21. The van der Waals surface area contributed by atoms with Crippen LogP contribution >= 0.6 is 0 Å². The molecule has 0 amide bonds. The lowest BCUT2D eigenvalue weighted by Crippen LogP contribution is -2.05. The van der Waals surface area contributed by atoms with Crippen molar-refractivity contribution in [3.8, 4) is 50.8 Å². The zero-order chi connectivity index (χ0) is 36.3. The van der Waals surface area contributed by atoms with Crippen LogP contribution in [0, 0.1) is 23.0 Å². The summed E-state index contributed by atoms with van der Waals surface area (Å²) >= 11 is 0. The number of hydrogen-bond acceptors (Lipinski definition) is 1. The number of rotatable bonds is 5. The molecule has 0 aliphatic rings. The third kappa shape index (κ3) is 5.00. The smallest absolute Gasteiger partial charge is 0.126 e. The molecule has 10 aromatic rings. The highest BCUT2D eigenvalue weighted by atomic mass is 19.1. The quantitative estimate of drug-likeness (QED) is 0.176. The van der Waals surface area contributed by atoms with Crippen LogP contribution < -0.4 is 0 Å². The summed E-state index contributed by atoms with van der Waals surface area (Å²) in [5.41, 5.74) is 10.6. The Morgan fingerprint density at radius 3 is 1.26 bits per heavy atom. The summed E-state index contributed by atoms with van der Waals surface area (Å²) < 4.78 is 34.9. The topological polar surface area (TPSA) is 33.6 Å². The van der Waals surface area contributed by atoms with Crippen LogP contribution in [0.4, 0.5) is 8.78 Å². The lowest BCUT2D eigenvalue weighted by molar-refractivity contribution is 0.584. The molecule has 0 bridgehead atoms. The van der Waals surface area contributed by atoms with E-state index in [4.69, 9.17) is 0 Å². The fourth-order valence-corrected chi connectivity index (χ4v) is 8.11. The van der Waals surface area contributed by atoms with E-state index in [1.807, 2.05) is 72.8 Å². The van der Waals surface area contributed by atoms with E-state index in [2.05, 4.69) is 100 Å². The van der Waals surface area contributed by atoms with Gasteiger partial charge in [0.25, 0.3) is 0 Å². The van der Waals surface area contributed by atoms with Gasteiger partial charge < -0.3 is 9.13 Å². The van der Waals surface area contributed by atoms with Gasteiger partial charge >= 0.3 is 0 Å². The number of hydrogen-bond donors (Lipinski definition) is 0. The number of aromatic nitrogens is 2. The minimum atomic E-state index is -0.685. The van der Waals surface area contributed by atoms with Crippen LogP contribution in [0.1, 0.15) is 5.56 Å². The van der Waals surface area contributed by atoms with Crippen molar-refractivity contribution in [2.75, 3.05) is 0 Å². The van der Waals surface area contributed by atoms with E-state index in [9.17, 15) is 5.26 Å². The maximum Gasteiger partial charge on any atom is 0.126 e. The second kappa shape index (κ2) is 12.4. The standard InChI is InChI=1S/C49H29F2N3/c50-37-25-36(26-38(51)29-37)49-47(53-43-17-9-7-15-39(43)41-27-34(19-21-45(41)53)32-11-3-1-4-12-32)23-31(30-52)24-48(49)54-44-18-10-8-16-40(44)42-28-35(20-22-46(42)54)33-13-5-2-6-14-33/h1-29H. The minimum Gasteiger partial charge on any atom is -0.308 e. The molecular weight excluding hydrogens is 669 g/mol. The highest BCUT2D eigenvalue weighted by Crippen LogP contribution is 2.44. The molecule has 0 N–H and O–H groups in total. The Bertz CT molecular complexity index is 2930. The van der Waals surface area contributed by atoms with Crippen LogP contribution in [0.3, 0.4) is 0 Å². The predicted octanol–water partition coefficient (Wildman–Crippen LogP) is 13.0. The highest BCUT2D eigenvalue weighted by molar-refractivity contribution is 6.13. The lowest BCUT2D eigenvalue weighted by atomic mass is 9.97. The van der Waals surface area contributed by atoms with Crippen LogP contribution in [0.5, 0.6) is 0 Å². The minimum absolute atomic E-state index is 0.362. The van der Waals surface area contributed by atoms with Crippen molar-refractivity contribution in [1.82, 2.24) is 9.13 Å². The van der Waals surface area contributed by atoms with Gasteiger partial charge in [0.15, 0.2) is 0 Å². The highest BCUT2D eigenvalue weighted by Gasteiger charge is 2.24. The molecule has 0 aliphatic heterocycles. The molecule has 2 aromatic heterocycles. The summed E-state index contributed by atoms with van der Waals surface area (Å²) in [6.07, 6.45) is 0. The second-order valence-electron chi connectivity index (χ2n) is 13.6. The number of halogens is 2. The average Bonchev–Trinajstić information content (AvgIpc) is 3.72. The van der Waals surface area contributed by atoms with E-state index in [0.29, 0.717) is 28.1 Å². The van der Waals surface area contributed by atoms with Gasteiger partial charge in [0, 0.05) is 33.2 Å². The van der Waals surface area contributed by atoms with Gasteiger partial charge in [-0.2, -0.15) is 5.26 Å². The molecular formula is C49H29F2N3. The number of nitrogens with zero attached hydrogens (tertiary/aromatic N) is 3. The van der Waals surface area contributed by atoms with Crippen molar-refractivity contribution < 1.29 is 8.78 Å². The molecule has 0 spiro atoms. The maximum absolute atomic E-state index is 15.3. The van der Waals surface area contributed by atoms with Crippen LogP contribution in [0.15, 0.2) is 176 Å². The first-order valence-corrected chi connectivity index (χ1v) is 17.8. The Kier molecular flexibility index (Phi) is 7.24. The number of nitriles is 1. The van der Waals surface area contributed by atoms with Gasteiger partial charge in [-0.15, -0.1) is 0 Å². The van der Waals surface area contributed by atoms with Gasteiger partial charge in [0.1, 0.15) is 11.6 Å². The zero-order valence-electron chi connectivity index (χ0n) is 28.8. The van der Waals surface area contributed by atoms with Crippen LogP contribution in [0.25, 0.3) is 88.4 Å². The number of benzene rings is 8. The molecule has 0 unspecified atom stereocenters. The zero-order valence-corrected chi connectivity index (χ0v) is 28.8. The van der Waals surface area contributed by atoms with Gasteiger partial charge in [-0.25, -0.2) is 8.78 Å². The predicted molar refractivity (Wildman–Crippen MR) is 216 cm³/mol. The molecule has 0 saturated carbocycles. The summed E-state index contributed by atoms with van der Waals surface area (Å²) in [5.74, 6) is -1.37. The molecule has 8 aromatic carbocycles. The summed E-state index contributed by atoms with van der Waals surface area (Å²) in [7, 11) is 0.